The predicted octanol–water partition coefficient (Wildman–Crippen LogP) is 2.89. The fourth-order valence-corrected chi connectivity index (χ4v) is 5.90. The number of likely N-dealkylation sites (tertiary alicyclic amines) is 1. The number of ether oxygens (including phenoxy) is 1. The number of fused-ring (bicyclic) bond motifs is 1. The monoisotopic (exact) mass is 313 g/mol. The van der Waals surface area contributed by atoms with Crippen molar-refractivity contribution < 1.29 is 9.84 Å². The minimum Gasteiger partial charge on any atom is -0.497 e. The Morgan fingerprint density at radius 2 is 2.13 bits per heavy atom. The molecule has 3 heteroatoms. The Morgan fingerprint density at radius 3 is 2.91 bits per heavy atom. The Morgan fingerprint density at radius 1 is 1.26 bits per heavy atom. The summed E-state index contributed by atoms with van der Waals surface area (Å²) in [6.45, 7) is 2.36. The molecule has 1 heterocycles. The highest BCUT2D eigenvalue weighted by molar-refractivity contribution is 5.49. The van der Waals surface area contributed by atoms with E-state index in [1.807, 2.05) is 0 Å². The molecule has 0 amide bonds. The molecular formula is C20H27NO2. The molecule has 2 bridgehead atoms. The van der Waals surface area contributed by atoms with Crippen molar-refractivity contribution in [1.29, 1.82) is 0 Å². The third-order valence-electron chi connectivity index (χ3n) is 7.24. The van der Waals surface area contributed by atoms with Gasteiger partial charge in [0.25, 0.3) is 0 Å². The van der Waals surface area contributed by atoms with Gasteiger partial charge in [-0.3, -0.25) is 4.90 Å². The average Bonchev–Trinajstić information content (AvgIpc) is 3.29. The van der Waals surface area contributed by atoms with E-state index < -0.39 is 5.60 Å². The van der Waals surface area contributed by atoms with Crippen LogP contribution in [0.25, 0.3) is 0 Å². The van der Waals surface area contributed by atoms with Gasteiger partial charge in [0.1, 0.15) is 5.75 Å². The number of rotatable bonds is 3. The summed E-state index contributed by atoms with van der Waals surface area (Å²) < 4.78 is 5.49. The summed E-state index contributed by atoms with van der Waals surface area (Å²) in [6.07, 6.45) is 8.15. The van der Waals surface area contributed by atoms with E-state index in [0.29, 0.717) is 6.04 Å². The SMILES string of the molecule is COc1ccc2c(c1)C13CCCC1(O)C(C2)N(CC1CC1)CC3. The molecular weight excluding hydrogens is 286 g/mol. The van der Waals surface area contributed by atoms with Crippen LogP contribution in [0.15, 0.2) is 18.2 Å². The summed E-state index contributed by atoms with van der Waals surface area (Å²) in [4.78, 5) is 2.63. The van der Waals surface area contributed by atoms with Gasteiger partial charge in [-0.2, -0.15) is 0 Å². The van der Waals surface area contributed by atoms with E-state index in [0.717, 1.165) is 50.3 Å². The zero-order valence-corrected chi connectivity index (χ0v) is 14.1. The molecule has 2 saturated carbocycles. The Balaban J connectivity index is 1.62. The van der Waals surface area contributed by atoms with Gasteiger partial charge >= 0.3 is 0 Å². The zero-order valence-electron chi connectivity index (χ0n) is 14.1. The van der Waals surface area contributed by atoms with Gasteiger partial charge in [-0.15, -0.1) is 0 Å². The first-order chi connectivity index (χ1) is 11.2. The van der Waals surface area contributed by atoms with Crippen LogP contribution in [0.5, 0.6) is 5.75 Å². The quantitative estimate of drug-likeness (QED) is 0.931. The molecule has 1 N–H and O–H groups in total. The van der Waals surface area contributed by atoms with Crippen molar-refractivity contribution >= 4 is 0 Å². The van der Waals surface area contributed by atoms with Crippen LogP contribution in [-0.4, -0.2) is 41.8 Å². The molecule has 5 rings (SSSR count). The molecule has 23 heavy (non-hydrogen) atoms. The molecule has 124 valence electrons. The second-order valence-corrected chi connectivity index (χ2v) is 8.29. The molecule has 3 aliphatic carbocycles. The summed E-state index contributed by atoms with van der Waals surface area (Å²) in [7, 11) is 1.74. The Bertz CT molecular complexity index is 641. The summed E-state index contributed by atoms with van der Waals surface area (Å²) >= 11 is 0. The van der Waals surface area contributed by atoms with Crippen molar-refractivity contribution in [2.45, 2.75) is 62.0 Å². The van der Waals surface area contributed by atoms with E-state index in [2.05, 4.69) is 23.1 Å². The Kier molecular flexibility index (Phi) is 2.94. The highest BCUT2D eigenvalue weighted by Gasteiger charge is 2.64. The van der Waals surface area contributed by atoms with Crippen molar-refractivity contribution in [3.05, 3.63) is 29.3 Å². The van der Waals surface area contributed by atoms with Crippen molar-refractivity contribution in [2.75, 3.05) is 20.2 Å². The maximum Gasteiger partial charge on any atom is 0.119 e. The minimum absolute atomic E-state index is 0.0279. The van der Waals surface area contributed by atoms with Gasteiger partial charge in [0, 0.05) is 18.0 Å². The van der Waals surface area contributed by atoms with E-state index in [1.54, 1.807) is 7.11 Å². The second-order valence-electron chi connectivity index (χ2n) is 8.29. The number of hydrogen-bond donors (Lipinski definition) is 1. The summed E-state index contributed by atoms with van der Waals surface area (Å²) in [5.74, 6) is 1.83. The highest BCUT2D eigenvalue weighted by Crippen LogP contribution is 2.60. The van der Waals surface area contributed by atoms with Crippen LogP contribution in [0.4, 0.5) is 0 Å². The van der Waals surface area contributed by atoms with Crippen LogP contribution in [0, 0.1) is 5.92 Å². The lowest BCUT2D eigenvalue weighted by Gasteiger charge is -2.59. The standard InChI is InChI=1S/C20H27NO2/c1-23-16-6-5-15-11-18-20(22)8-2-7-19(20,17(15)12-16)9-10-21(18)13-14-3-4-14/h5-6,12,14,18,22H,2-4,7-11,13H2,1H3. The lowest BCUT2D eigenvalue weighted by atomic mass is 9.56. The largest absolute Gasteiger partial charge is 0.497 e. The molecule has 1 aromatic rings. The predicted molar refractivity (Wildman–Crippen MR) is 89.9 cm³/mol. The topological polar surface area (TPSA) is 32.7 Å². The summed E-state index contributed by atoms with van der Waals surface area (Å²) in [5.41, 5.74) is 2.28. The third-order valence-corrected chi connectivity index (χ3v) is 7.24. The van der Waals surface area contributed by atoms with Crippen LogP contribution >= 0.6 is 0 Å². The number of nitrogens with zero attached hydrogens (tertiary/aromatic N) is 1. The van der Waals surface area contributed by atoms with E-state index in [-0.39, 0.29) is 5.41 Å². The Hall–Kier alpha value is -1.06. The molecule has 0 spiro atoms. The molecule has 3 unspecified atom stereocenters. The number of piperidine rings is 1. The van der Waals surface area contributed by atoms with Crippen molar-refractivity contribution in [3.63, 3.8) is 0 Å². The number of methoxy groups -OCH3 is 1. The molecule has 1 saturated heterocycles. The van der Waals surface area contributed by atoms with Crippen molar-refractivity contribution in [2.24, 2.45) is 5.92 Å². The van der Waals surface area contributed by atoms with Crippen LogP contribution in [0.2, 0.25) is 0 Å². The maximum absolute atomic E-state index is 11.8. The summed E-state index contributed by atoms with van der Waals surface area (Å²) in [5, 5.41) is 11.8. The van der Waals surface area contributed by atoms with Crippen molar-refractivity contribution in [1.82, 2.24) is 4.90 Å². The lowest BCUT2D eigenvalue weighted by molar-refractivity contribution is -0.130. The molecule has 3 nitrogen and oxygen atoms in total. The fourth-order valence-electron chi connectivity index (χ4n) is 5.90. The first kappa shape index (κ1) is 14.3. The Labute approximate surface area is 138 Å². The molecule has 1 aromatic carbocycles. The van der Waals surface area contributed by atoms with Gasteiger partial charge in [-0.05, 0) is 80.7 Å². The van der Waals surface area contributed by atoms with Crippen LogP contribution in [0.1, 0.15) is 49.7 Å². The molecule has 3 fully saturated rings. The molecule has 3 atom stereocenters. The van der Waals surface area contributed by atoms with Crippen molar-refractivity contribution in [3.8, 4) is 5.75 Å². The van der Waals surface area contributed by atoms with E-state index in [9.17, 15) is 5.11 Å². The first-order valence-corrected chi connectivity index (χ1v) is 9.30. The number of hydrogen-bond acceptors (Lipinski definition) is 3. The highest BCUT2D eigenvalue weighted by atomic mass is 16.5. The number of aliphatic hydroxyl groups is 1. The minimum atomic E-state index is -0.528. The van der Waals surface area contributed by atoms with Gasteiger partial charge in [0.15, 0.2) is 0 Å². The molecule has 0 aromatic heterocycles. The van der Waals surface area contributed by atoms with Crippen LogP contribution in [-0.2, 0) is 11.8 Å². The fraction of sp³-hybridized carbons (Fsp3) is 0.700. The molecule has 1 aliphatic heterocycles. The van der Waals surface area contributed by atoms with Gasteiger partial charge < -0.3 is 9.84 Å². The van der Waals surface area contributed by atoms with Crippen LogP contribution < -0.4 is 4.74 Å². The van der Waals surface area contributed by atoms with Crippen LogP contribution in [0.3, 0.4) is 0 Å². The van der Waals surface area contributed by atoms with Gasteiger partial charge in [0.2, 0.25) is 0 Å². The second kappa shape index (κ2) is 4.73. The zero-order chi connectivity index (χ0) is 15.7. The van der Waals surface area contributed by atoms with Gasteiger partial charge in [0.05, 0.1) is 12.7 Å². The van der Waals surface area contributed by atoms with Gasteiger partial charge in [-0.1, -0.05) is 6.07 Å². The lowest BCUT2D eigenvalue weighted by Crippen LogP contribution is -2.69. The smallest absolute Gasteiger partial charge is 0.119 e. The molecule has 0 radical (unpaired) electrons. The van der Waals surface area contributed by atoms with E-state index >= 15 is 0 Å². The third kappa shape index (κ3) is 1.84. The maximum atomic E-state index is 11.8. The average molecular weight is 313 g/mol. The van der Waals surface area contributed by atoms with E-state index in [4.69, 9.17) is 4.74 Å². The summed E-state index contributed by atoms with van der Waals surface area (Å²) in [6, 6.07) is 6.88. The number of benzene rings is 1. The first-order valence-electron chi connectivity index (χ1n) is 9.30. The van der Waals surface area contributed by atoms with E-state index in [1.165, 1.54) is 30.5 Å². The molecule has 4 aliphatic rings. The normalized spacial score (nSPS) is 39.0. The van der Waals surface area contributed by atoms with Gasteiger partial charge in [-0.25, -0.2) is 0 Å².